The van der Waals surface area contributed by atoms with Crippen LogP contribution >= 0.6 is 0 Å². The van der Waals surface area contributed by atoms with Crippen LogP contribution in [0.1, 0.15) is 70.1 Å². The lowest BCUT2D eigenvalue weighted by Crippen LogP contribution is -2.33. The van der Waals surface area contributed by atoms with Gasteiger partial charge in [-0.15, -0.1) is 0 Å². The number of imide groups is 1. The van der Waals surface area contributed by atoms with E-state index in [1.807, 2.05) is 57.2 Å². The van der Waals surface area contributed by atoms with E-state index >= 15 is 0 Å². The molecule has 11 heteroatoms. The van der Waals surface area contributed by atoms with Gasteiger partial charge in [0.1, 0.15) is 11.9 Å². The average Bonchev–Trinajstić information content (AvgIpc) is 3.54. The molecule has 2 heterocycles. The molecule has 2 amide bonds. The van der Waals surface area contributed by atoms with Crippen molar-refractivity contribution in [2.75, 3.05) is 5.32 Å². The molecule has 0 bridgehead atoms. The van der Waals surface area contributed by atoms with E-state index in [0.717, 1.165) is 17.7 Å². The molecular formula is C25H32N4O7. The number of hydrogen-bond donors (Lipinski definition) is 2. The van der Waals surface area contributed by atoms with Gasteiger partial charge in [-0.3, -0.25) is 14.4 Å². The summed E-state index contributed by atoms with van der Waals surface area (Å²) in [5.41, 5.74) is 1.37. The van der Waals surface area contributed by atoms with E-state index in [9.17, 15) is 19.5 Å². The summed E-state index contributed by atoms with van der Waals surface area (Å²) in [7, 11) is 0. The summed E-state index contributed by atoms with van der Waals surface area (Å²) in [6.07, 6.45) is -0.835. The van der Waals surface area contributed by atoms with E-state index in [0.29, 0.717) is 23.7 Å². The number of carbonyl (C=O) groups is 3. The van der Waals surface area contributed by atoms with Crippen LogP contribution < -0.4 is 5.32 Å². The highest BCUT2D eigenvalue weighted by atomic mass is 16.8. The van der Waals surface area contributed by atoms with Crippen LogP contribution in [0.2, 0.25) is 0 Å². The lowest BCUT2D eigenvalue weighted by molar-refractivity contribution is -0.178. The third-order valence-electron chi connectivity index (χ3n) is 6.12. The number of rotatable bonds is 8. The Labute approximate surface area is 209 Å². The number of amides is 2. The molecule has 36 heavy (non-hydrogen) atoms. The summed E-state index contributed by atoms with van der Waals surface area (Å²) in [4.78, 5) is 40.2. The third kappa shape index (κ3) is 6.21. The number of benzene rings is 1. The van der Waals surface area contributed by atoms with Gasteiger partial charge in [0.2, 0.25) is 6.41 Å². The van der Waals surface area contributed by atoms with Gasteiger partial charge in [0.15, 0.2) is 0 Å². The number of hydrogen-bond acceptors (Lipinski definition) is 9. The van der Waals surface area contributed by atoms with Gasteiger partial charge in [-0.05, 0) is 45.6 Å². The Balaban J connectivity index is 1.36. The Bertz CT molecular complexity index is 1080. The Morgan fingerprint density at radius 2 is 1.86 bits per heavy atom. The number of ether oxygens (including phenoxy) is 2. The summed E-state index contributed by atoms with van der Waals surface area (Å²) >= 11 is 0. The SMILES string of the molecule is CC(C)(C)n1nc([C@H]2CC[C@@H](OC(=O)ON3C(=O)CCC3=O)C2)cc1NC(O)OCc1ccccc1. The van der Waals surface area contributed by atoms with E-state index in [4.69, 9.17) is 19.4 Å². The fraction of sp³-hybridized carbons (Fsp3) is 0.520. The van der Waals surface area contributed by atoms with Gasteiger partial charge in [-0.1, -0.05) is 35.4 Å². The van der Waals surface area contributed by atoms with Gasteiger partial charge >= 0.3 is 6.16 Å². The van der Waals surface area contributed by atoms with Crippen LogP contribution in [-0.2, 0) is 36.0 Å². The average molecular weight is 501 g/mol. The summed E-state index contributed by atoms with van der Waals surface area (Å²) in [6, 6.07) is 11.4. The maximum Gasteiger partial charge on any atom is 0.534 e. The Hall–Kier alpha value is -3.44. The molecular weight excluding hydrogens is 468 g/mol. The van der Waals surface area contributed by atoms with Gasteiger partial charge in [-0.2, -0.15) is 5.10 Å². The highest BCUT2D eigenvalue weighted by molar-refractivity contribution is 6.01. The van der Waals surface area contributed by atoms with Crippen molar-refractivity contribution in [3.63, 3.8) is 0 Å². The summed E-state index contributed by atoms with van der Waals surface area (Å²) < 4.78 is 12.7. The molecule has 11 nitrogen and oxygen atoms in total. The van der Waals surface area contributed by atoms with Crippen LogP contribution in [0.25, 0.3) is 0 Å². The predicted molar refractivity (Wildman–Crippen MR) is 127 cm³/mol. The fourth-order valence-electron chi connectivity index (χ4n) is 4.34. The molecule has 3 atom stereocenters. The van der Waals surface area contributed by atoms with Crippen molar-refractivity contribution >= 4 is 23.8 Å². The molecule has 0 radical (unpaired) electrons. The van der Waals surface area contributed by atoms with Gasteiger partial charge in [0, 0.05) is 24.8 Å². The summed E-state index contributed by atoms with van der Waals surface area (Å²) in [5.74, 6) is -0.481. The molecule has 1 saturated carbocycles. The highest BCUT2D eigenvalue weighted by Gasteiger charge is 2.36. The number of anilines is 1. The topological polar surface area (TPSA) is 132 Å². The van der Waals surface area contributed by atoms with E-state index < -0.39 is 30.5 Å². The minimum atomic E-state index is -1.23. The fourth-order valence-corrected chi connectivity index (χ4v) is 4.34. The first-order chi connectivity index (χ1) is 17.1. The molecule has 2 N–H and O–H groups in total. The Morgan fingerprint density at radius 1 is 1.17 bits per heavy atom. The number of carbonyl (C=O) groups excluding carboxylic acids is 3. The minimum absolute atomic E-state index is 0.0179. The molecule has 1 unspecified atom stereocenters. The lowest BCUT2D eigenvalue weighted by Gasteiger charge is -2.24. The van der Waals surface area contributed by atoms with Crippen LogP contribution in [0.15, 0.2) is 36.4 Å². The minimum Gasteiger partial charge on any atom is -0.429 e. The van der Waals surface area contributed by atoms with Crippen molar-refractivity contribution in [1.82, 2.24) is 14.8 Å². The van der Waals surface area contributed by atoms with Crippen molar-refractivity contribution in [1.29, 1.82) is 0 Å². The Kier molecular flexibility index (Phi) is 7.60. The first-order valence-corrected chi connectivity index (χ1v) is 12.0. The molecule has 1 aliphatic heterocycles. The third-order valence-corrected chi connectivity index (χ3v) is 6.12. The van der Waals surface area contributed by atoms with Crippen molar-refractivity contribution < 1.29 is 33.8 Å². The quantitative estimate of drug-likeness (QED) is 0.318. The zero-order chi connectivity index (χ0) is 25.9. The van der Waals surface area contributed by atoms with E-state index in [-0.39, 0.29) is 30.9 Å². The second kappa shape index (κ2) is 10.7. The molecule has 1 saturated heterocycles. The molecule has 4 rings (SSSR count). The van der Waals surface area contributed by atoms with Crippen LogP contribution in [-0.4, -0.2) is 50.4 Å². The van der Waals surface area contributed by atoms with Crippen LogP contribution in [0, 0.1) is 0 Å². The molecule has 2 aromatic rings. The van der Waals surface area contributed by atoms with E-state index in [1.54, 1.807) is 4.68 Å². The molecule has 2 aliphatic rings. The van der Waals surface area contributed by atoms with Gasteiger partial charge < -0.3 is 19.9 Å². The summed E-state index contributed by atoms with van der Waals surface area (Å²) in [6.45, 7) is 6.26. The maximum atomic E-state index is 12.1. The second-order valence-corrected chi connectivity index (χ2v) is 10.0. The van der Waals surface area contributed by atoms with Crippen molar-refractivity contribution in [3.8, 4) is 0 Å². The van der Waals surface area contributed by atoms with Gasteiger partial charge in [0.05, 0.1) is 17.8 Å². The lowest BCUT2D eigenvalue weighted by atomic mass is 10.0. The monoisotopic (exact) mass is 500 g/mol. The number of aliphatic hydroxyl groups is 1. The maximum absolute atomic E-state index is 12.1. The smallest absolute Gasteiger partial charge is 0.429 e. The predicted octanol–water partition coefficient (Wildman–Crippen LogP) is 3.40. The first kappa shape index (κ1) is 25.6. The van der Waals surface area contributed by atoms with Crippen molar-refractivity contribution in [2.45, 2.75) is 83.5 Å². The van der Waals surface area contributed by atoms with Gasteiger partial charge in [-0.25, -0.2) is 9.48 Å². The standard InChI is InChI=1S/C25H32N4O7/c1-25(2,3)29-20(26-23(32)34-15-16-7-5-4-6-8-16)14-19(27-29)17-9-10-18(13-17)35-24(33)36-28-21(30)11-12-22(28)31/h4-8,14,17-18,23,26,32H,9-13,15H2,1-3H3/t17-,18+,23?/m0/s1. The second-order valence-electron chi connectivity index (χ2n) is 10.0. The molecule has 1 aromatic heterocycles. The number of nitrogens with zero attached hydrogens (tertiary/aromatic N) is 3. The van der Waals surface area contributed by atoms with Crippen LogP contribution in [0.4, 0.5) is 10.6 Å². The largest absolute Gasteiger partial charge is 0.534 e. The highest BCUT2D eigenvalue weighted by Crippen LogP contribution is 2.37. The summed E-state index contributed by atoms with van der Waals surface area (Å²) in [5, 5.41) is 18.7. The first-order valence-electron chi connectivity index (χ1n) is 12.0. The molecule has 194 valence electrons. The van der Waals surface area contributed by atoms with Crippen molar-refractivity contribution in [2.24, 2.45) is 0 Å². The van der Waals surface area contributed by atoms with Crippen LogP contribution in [0.3, 0.4) is 0 Å². The number of nitrogens with one attached hydrogen (secondary N) is 1. The van der Waals surface area contributed by atoms with Gasteiger partial charge in [0.25, 0.3) is 11.8 Å². The zero-order valence-electron chi connectivity index (χ0n) is 20.7. The number of aromatic nitrogens is 2. The van der Waals surface area contributed by atoms with Crippen LogP contribution in [0.5, 0.6) is 0 Å². The Morgan fingerprint density at radius 3 is 2.53 bits per heavy atom. The molecule has 1 aliphatic carbocycles. The number of hydroxylamine groups is 2. The van der Waals surface area contributed by atoms with Crippen molar-refractivity contribution in [3.05, 3.63) is 47.7 Å². The van der Waals surface area contributed by atoms with E-state index in [2.05, 4.69) is 5.32 Å². The molecule has 0 spiro atoms. The zero-order valence-corrected chi connectivity index (χ0v) is 20.7. The molecule has 1 aromatic carbocycles. The van der Waals surface area contributed by atoms with E-state index in [1.165, 1.54) is 0 Å². The normalized spacial score (nSPS) is 21.1. The number of aliphatic hydroxyl groups excluding tert-OH is 1. The molecule has 2 fully saturated rings.